The summed E-state index contributed by atoms with van der Waals surface area (Å²) in [5.41, 5.74) is 1.28. The zero-order valence-corrected chi connectivity index (χ0v) is 14.8. The summed E-state index contributed by atoms with van der Waals surface area (Å²) in [4.78, 5) is 23.1. The Labute approximate surface area is 145 Å². The number of methoxy groups -OCH3 is 1. The Morgan fingerprint density at radius 2 is 2.38 bits per heavy atom. The number of hydrogen-bond donors (Lipinski definition) is 1. The van der Waals surface area contributed by atoms with E-state index in [-0.39, 0.29) is 5.91 Å². The molecule has 0 saturated carbocycles. The van der Waals surface area contributed by atoms with Gasteiger partial charge >= 0.3 is 0 Å². The molecule has 0 spiro atoms. The fraction of sp³-hybridized carbons (Fsp3) is 0.471. The number of carbonyl (C=O) groups is 1. The second-order valence-corrected chi connectivity index (χ2v) is 7.23. The summed E-state index contributed by atoms with van der Waals surface area (Å²) in [6.45, 7) is 4.58. The highest BCUT2D eigenvalue weighted by molar-refractivity contribution is 7.15. The Morgan fingerprint density at radius 1 is 1.50 bits per heavy atom. The molecule has 2 aromatic rings. The average Bonchev–Trinajstić information content (AvgIpc) is 3.17. The Balaban J connectivity index is 1.51. The Hall–Kier alpha value is -1.99. The normalized spacial score (nSPS) is 17.8. The van der Waals surface area contributed by atoms with Crippen LogP contribution in [0.1, 0.15) is 23.8 Å². The molecule has 0 aromatic carbocycles. The number of hydrogen-bond acceptors (Lipinski definition) is 6. The third-order valence-corrected chi connectivity index (χ3v) is 5.02. The summed E-state index contributed by atoms with van der Waals surface area (Å²) in [5, 5.41) is 3.41. The van der Waals surface area contributed by atoms with Gasteiger partial charge in [-0.2, -0.15) is 0 Å². The number of rotatable bonds is 6. The average molecular weight is 346 g/mol. The third kappa shape index (κ3) is 4.52. The zero-order valence-electron chi connectivity index (χ0n) is 14.0. The van der Waals surface area contributed by atoms with E-state index in [4.69, 9.17) is 4.74 Å². The molecule has 1 fully saturated rings. The molecule has 1 amide bonds. The number of anilines is 1. The van der Waals surface area contributed by atoms with Gasteiger partial charge in [0.2, 0.25) is 11.8 Å². The monoisotopic (exact) mass is 346 g/mol. The summed E-state index contributed by atoms with van der Waals surface area (Å²) in [6, 6.07) is 4.08. The van der Waals surface area contributed by atoms with Crippen LogP contribution >= 0.6 is 11.3 Å². The molecule has 0 radical (unpaired) electrons. The zero-order chi connectivity index (χ0) is 16.9. The van der Waals surface area contributed by atoms with Crippen LogP contribution in [0.5, 0.6) is 5.88 Å². The van der Waals surface area contributed by atoms with Gasteiger partial charge in [-0.05, 0) is 36.9 Å². The number of ether oxygens (including phenoxy) is 1. The lowest BCUT2D eigenvalue weighted by atomic mass is 9.99. The van der Waals surface area contributed by atoms with Gasteiger partial charge in [0.15, 0.2) is 5.13 Å². The molecule has 0 unspecified atom stereocenters. The van der Waals surface area contributed by atoms with Crippen LogP contribution in [0.2, 0.25) is 0 Å². The number of likely N-dealkylation sites (tertiary alicyclic amines) is 1. The van der Waals surface area contributed by atoms with Gasteiger partial charge in [-0.1, -0.05) is 0 Å². The molecule has 7 heteroatoms. The van der Waals surface area contributed by atoms with E-state index in [1.54, 1.807) is 18.4 Å². The van der Waals surface area contributed by atoms with Crippen LogP contribution < -0.4 is 10.1 Å². The lowest BCUT2D eigenvalue weighted by molar-refractivity contribution is -0.114. The largest absolute Gasteiger partial charge is 0.481 e. The highest BCUT2D eigenvalue weighted by atomic mass is 32.1. The van der Waals surface area contributed by atoms with Crippen LogP contribution in [-0.4, -0.2) is 41.0 Å². The number of nitrogens with one attached hydrogen (secondary N) is 1. The number of carbonyl (C=O) groups excluding carboxylic acids is 1. The van der Waals surface area contributed by atoms with E-state index in [0.29, 0.717) is 16.9 Å². The van der Waals surface area contributed by atoms with Gasteiger partial charge in [-0.15, -0.1) is 11.3 Å². The van der Waals surface area contributed by atoms with Crippen molar-refractivity contribution in [1.29, 1.82) is 0 Å². The van der Waals surface area contributed by atoms with Crippen molar-refractivity contribution < 1.29 is 9.53 Å². The fourth-order valence-electron chi connectivity index (χ4n) is 3.05. The molecule has 0 bridgehead atoms. The van der Waals surface area contributed by atoms with Crippen LogP contribution in [0.25, 0.3) is 0 Å². The molecular weight excluding hydrogens is 324 g/mol. The van der Waals surface area contributed by atoms with Gasteiger partial charge in [0.1, 0.15) is 0 Å². The topological polar surface area (TPSA) is 67.3 Å². The quantitative estimate of drug-likeness (QED) is 0.871. The van der Waals surface area contributed by atoms with Crippen molar-refractivity contribution in [3.8, 4) is 5.88 Å². The molecule has 6 nitrogen and oxygen atoms in total. The molecule has 1 N–H and O–H groups in total. The van der Waals surface area contributed by atoms with Gasteiger partial charge in [0.05, 0.1) is 7.11 Å². The maximum atomic E-state index is 11.1. The Morgan fingerprint density at radius 3 is 3.17 bits per heavy atom. The van der Waals surface area contributed by atoms with Crippen molar-refractivity contribution in [2.75, 3.05) is 25.5 Å². The van der Waals surface area contributed by atoms with E-state index in [1.165, 1.54) is 23.8 Å². The standard InChI is InChI=1S/C17H22N4O2S/c1-12(22)20-17-19-9-15(24-17)11-21-6-4-14(10-21)7-13-3-5-18-16(8-13)23-2/h3,5,8-9,14H,4,6-7,10-11H2,1-2H3,(H,19,20,22)/t14-/m1/s1. The van der Waals surface area contributed by atoms with Crippen molar-refractivity contribution >= 4 is 22.4 Å². The predicted octanol–water partition coefficient (Wildman–Crippen LogP) is 2.57. The first-order valence-electron chi connectivity index (χ1n) is 8.06. The smallest absolute Gasteiger partial charge is 0.223 e. The van der Waals surface area contributed by atoms with Crippen molar-refractivity contribution in [3.63, 3.8) is 0 Å². The molecule has 3 heterocycles. The van der Waals surface area contributed by atoms with Crippen molar-refractivity contribution in [1.82, 2.24) is 14.9 Å². The molecular formula is C17H22N4O2S. The van der Waals surface area contributed by atoms with Crippen LogP contribution in [0, 0.1) is 5.92 Å². The van der Waals surface area contributed by atoms with Crippen molar-refractivity contribution in [2.45, 2.75) is 26.3 Å². The van der Waals surface area contributed by atoms with Crippen LogP contribution in [0.15, 0.2) is 24.5 Å². The first-order chi connectivity index (χ1) is 11.6. The summed E-state index contributed by atoms with van der Waals surface area (Å²) >= 11 is 1.55. The highest BCUT2D eigenvalue weighted by Gasteiger charge is 2.23. The minimum Gasteiger partial charge on any atom is -0.481 e. The maximum Gasteiger partial charge on any atom is 0.223 e. The lowest BCUT2D eigenvalue weighted by Crippen LogP contribution is -2.20. The summed E-state index contributed by atoms with van der Waals surface area (Å²) in [6.07, 6.45) is 5.91. The summed E-state index contributed by atoms with van der Waals surface area (Å²) < 4.78 is 5.19. The van der Waals surface area contributed by atoms with E-state index in [1.807, 2.05) is 18.5 Å². The third-order valence-electron chi connectivity index (χ3n) is 4.12. The highest BCUT2D eigenvalue weighted by Crippen LogP contribution is 2.26. The summed E-state index contributed by atoms with van der Waals surface area (Å²) in [7, 11) is 1.65. The SMILES string of the molecule is COc1cc(C[C@H]2CCN(Cc3cnc(NC(C)=O)s3)C2)ccn1. The number of aromatic nitrogens is 2. The van der Waals surface area contributed by atoms with E-state index in [9.17, 15) is 4.79 Å². The molecule has 128 valence electrons. The maximum absolute atomic E-state index is 11.1. The molecule has 24 heavy (non-hydrogen) atoms. The van der Waals surface area contributed by atoms with Crippen LogP contribution in [0.3, 0.4) is 0 Å². The first kappa shape index (κ1) is 16.9. The molecule has 1 saturated heterocycles. The molecule has 1 aliphatic rings. The minimum atomic E-state index is -0.0788. The van der Waals surface area contributed by atoms with Gasteiger partial charge < -0.3 is 10.1 Å². The number of amides is 1. The molecule has 0 aliphatic carbocycles. The fourth-order valence-corrected chi connectivity index (χ4v) is 3.96. The number of thiazole rings is 1. The second-order valence-electron chi connectivity index (χ2n) is 6.11. The predicted molar refractivity (Wildman–Crippen MR) is 94.3 cm³/mol. The van der Waals surface area contributed by atoms with Crippen LogP contribution in [0.4, 0.5) is 5.13 Å². The van der Waals surface area contributed by atoms with E-state index in [2.05, 4.69) is 26.3 Å². The Kier molecular flexibility index (Phi) is 5.42. The van der Waals surface area contributed by atoms with Crippen LogP contribution in [-0.2, 0) is 17.8 Å². The number of nitrogens with zero attached hydrogens (tertiary/aromatic N) is 3. The van der Waals surface area contributed by atoms with E-state index >= 15 is 0 Å². The minimum absolute atomic E-state index is 0.0788. The van der Waals surface area contributed by atoms with Gasteiger partial charge in [-0.25, -0.2) is 9.97 Å². The van der Waals surface area contributed by atoms with Crippen molar-refractivity contribution in [3.05, 3.63) is 35.0 Å². The van der Waals surface area contributed by atoms with Gasteiger partial charge in [0, 0.05) is 43.4 Å². The van der Waals surface area contributed by atoms with Gasteiger partial charge in [-0.3, -0.25) is 9.69 Å². The number of pyridine rings is 1. The van der Waals surface area contributed by atoms with E-state index < -0.39 is 0 Å². The molecule has 2 aromatic heterocycles. The lowest BCUT2D eigenvalue weighted by Gasteiger charge is -2.14. The van der Waals surface area contributed by atoms with E-state index in [0.717, 1.165) is 26.1 Å². The summed E-state index contributed by atoms with van der Waals surface area (Å²) in [5.74, 6) is 1.25. The first-order valence-corrected chi connectivity index (χ1v) is 8.87. The second kappa shape index (κ2) is 7.72. The van der Waals surface area contributed by atoms with Gasteiger partial charge in [0.25, 0.3) is 0 Å². The molecule has 3 rings (SSSR count). The van der Waals surface area contributed by atoms with Crippen molar-refractivity contribution in [2.24, 2.45) is 5.92 Å². The molecule has 1 atom stereocenters. The molecule has 1 aliphatic heterocycles. The Bertz CT molecular complexity index is 703.